The van der Waals surface area contributed by atoms with Crippen LogP contribution in [0.5, 0.6) is 5.75 Å². The Hall–Kier alpha value is -2.34. The fourth-order valence-corrected chi connectivity index (χ4v) is 2.27. The third-order valence-corrected chi connectivity index (χ3v) is 3.32. The monoisotopic (exact) mass is 317 g/mol. The van der Waals surface area contributed by atoms with E-state index in [2.05, 4.69) is 10.4 Å². The summed E-state index contributed by atoms with van der Waals surface area (Å²) in [5.41, 5.74) is 1.61. The number of ether oxygens (including phenoxy) is 1. The molecule has 1 heterocycles. The molecule has 6 nitrogen and oxygen atoms in total. The Labute approximate surface area is 136 Å². The molecule has 1 aromatic carbocycles. The van der Waals surface area contributed by atoms with Crippen LogP contribution in [0.3, 0.4) is 0 Å². The van der Waals surface area contributed by atoms with E-state index in [1.807, 2.05) is 44.2 Å². The maximum absolute atomic E-state index is 12.0. The number of nitrogens with one attached hydrogen (secondary N) is 1. The van der Waals surface area contributed by atoms with E-state index in [0.717, 1.165) is 17.0 Å². The van der Waals surface area contributed by atoms with Crippen molar-refractivity contribution in [2.75, 3.05) is 19.0 Å². The van der Waals surface area contributed by atoms with Crippen LogP contribution < -0.4 is 10.1 Å². The van der Waals surface area contributed by atoms with Crippen LogP contribution in [0.2, 0.25) is 0 Å². The molecule has 0 saturated carbocycles. The highest BCUT2D eigenvalue weighted by atomic mass is 16.5. The summed E-state index contributed by atoms with van der Waals surface area (Å²) in [6.45, 7) is 4.26. The second kappa shape index (κ2) is 7.78. The molecule has 124 valence electrons. The van der Waals surface area contributed by atoms with E-state index in [1.165, 1.54) is 0 Å². The molecule has 0 aliphatic heterocycles. The van der Waals surface area contributed by atoms with Crippen molar-refractivity contribution in [3.63, 3.8) is 0 Å². The average molecular weight is 317 g/mol. The van der Waals surface area contributed by atoms with E-state index < -0.39 is 0 Å². The Morgan fingerprint density at radius 2 is 2.17 bits per heavy atom. The molecule has 0 spiro atoms. The smallest absolute Gasteiger partial charge is 0.225 e. The number of rotatable bonds is 7. The quantitative estimate of drug-likeness (QED) is 0.823. The number of hydrogen-bond donors (Lipinski definition) is 2. The summed E-state index contributed by atoms with van der Waals surface area (Å²) in [5, 5.41) is 16.5. The number of aliphatic hydroxyl groups excluding tert-OH is 1. The largest absolute Gasteiger partial charge is 0.497 e. The number of aromatic nitrogens is 2. The highest BCUT2D eigenvalue weighted by Crippen LogP contribution is 2.25. The van der Waals surface area contributed by atoms with E-state index in [4.69, 9.17) is 4.74 Å². The van der Waals surface area contributed by atoms with Crippen LogP contribution in [0.25, 0.3) is 11.3 Å². The van der Waals surface area contributed by atoms with Crippen molar-refractivity contribution >= 4 is 11.7 Å². The zero-order valence-corrected chi connectivity index (χ0v) is 13.7. The number of aliphatic hydroxyl groups is 1. The van der Waals surface area contributed by atoms with Gasteiger partial charge in [-0.1, -0.05) is 26.0 Å². The standard InChI is InChI=1S/C17H23N3O3/c1-12(2)9-17(22)18-16-11-15(19-20(16)7-8-21)13-5-4-6-14(10-13)23-3/h4-6,10-12,21H,7-9H2,1-3H3,(H,18,22). The lowest BCUT2D eigenvalue weighted by Gasteiger charge is -2.08. The lowest BCUT2D eigenvalue weighted by Crippen LogP contribution is -2.17. The summed E-state index contributed by atoms with van der Waals surface area (Å²) >= 11 is 0. The fraction of sp³-hybridized carbons (Fsp3) is 0.412. The SMILES string of the molecule is COc1cccc(-c2cc(NC(=O)CC(C)C)n(CCO)n2)c1. The maximum atomic E-state index is 12.0. The van der Waals surface area contributed by atoms with E-state index in [-0.39, 0.29) is 18.4 Å². The first-order chi connectivity index (χ1) is 11.0. The third-order valence-electron chi connectivity index (χ3n) is 3.32. The lowest BCUT2D eigenvalue weighted by atomic mass is 10.1. The molecular weight excluding hydrogens is 294 g/mol. The topological polar surface area (TPSA) is 76.4 Å². The second-order valence-electron chi connectivity index (χ2n) is 5.74. The van der Waals surface area contributed by atoms with Crippen LogP contribution in [-0.4, -0.2) is 34.5 Å². The number of hydrogen-bond acceptors (Lipinski definition) is 4. The zero-order valence-electron chi connectivity index (χ0n) is 13.7. The van der Waals surface area contributed by atoms with Gasteiger partial charge in [0.2, 0.25) is 5.91 Å². The number of carbonyl (C=O) groups is 1. The van der Waals surface area contributed by atoms with Gasteiger partial charge in [-0.25, -0.2) is 4.68 Å². The first kappa shape index (κ1) is 17.0. The Morgan fingerprint density at radius 1 is 1.39 bits per heavy atom. The summed E-state index contributed by atoms with van der Waals surface area (Å²) in [5.74, 6) is 1.55. The molecule has 23 heavy (non-hydrogen) atoms. The van der Waals surface area contributed by atoms with Gasteiger partial charge in [0.15, 0.2) is 0 Å². The lowest BCUT2D eigenvalue weighted by molar-refractivity contribution is -0.116. The third kappa shape index (κ3) is 4.56. The van der Waals surface area contributed by atoms with Crippen molar-refractivity contribution in [2.45, 2.75) is 26.8 Å². The molecule has 2 N–H and O–H groups in total. The van der Waals surface area contributed by atoms with Crippen LogP contribution in [0, 0.1) is 5.92 Å². The molecular formula is C17H23N3O3. The highest BCUT2D eigenvalue weighted by molar-refractivity contribution is 5.90. The summed E-state index contributed by atoms with van der Waals surface area (Å²) in [6.07, 6.45) is 0.443. The minimum absolute atomic E-state index is 0.0493. The van der Waals surface area contributed by atoms with Crippen LogP contribution in [0.1, 0.15) is 20.3 Å². The fourth-order valence-electron chi connectivity index (χ4n) is 2.27. The molecule has 0 aliphatic rings. The summed E-state index contributed by atoms with van der Waals surface area (Å²) in [6, 6.07) is 9.36. The van der Waals surface area contributed by atoms with Gasteiger partial charge in [0.05, 0.1) is 26.0 Å². The molecule has 0 bridgehead atoms. The number of methoxy groups -OCH3 is 1. The van der Waals surface area contributed by atoms with Crippen LogP contribution in [-0.2, 0) is 11.3 Å². The van der Waals surface area contributed by atoms with Gasteiger partial charge in [0, 0.05) is 18.1 Å². The number of nitrogens with zero attached hydrogens (tertiary/aromatic N) is 2. The van der Waals surface area contributed by atoms with Crippen molar-refractivity contribution in [3.8, 4) is 17.0 Å². The van der Waals surface area contributed by atoms with Gasteiger partial charge < -0.3 is 15.2 Å². The van der Waals surface area contributed by atoms with E-state index >= 15 is 0 Å². The van der Waals surface area contributed by atoms with Gasteiger partial charge in [0.25, 0.3) is 0 Å². The Bertz CT molecular complexity index is 665. The molecule has 0 atom stereocenters. The van der Waals surface area contributed by atoms with Gasteiger partial charge in [0.1, 0.15) is 11.6 Å². The molecule has 1 amide bonds. The Morgan fingerprint density at radius 3 is 2.83 bits per heavy atom. The molecule has 0 aliphatic carbocycles. The molecule has 6 heteroatoms. The van der Waals surface area contributed by atoms with Crippen LogP contribution in [0.15, 0.2) is 30.3 Å². The number of anilines is 1. The predicted octanol–water partition coefficient (Wildman–Crippen LogP) is 2.54. The molecule has 0 fully saturated rings. The number of carbonyl (C=O) groups excluding carboxylic acids is 1. The minimum Gasteiger partial charge on any atom is -0.497 e. The van der Waals surface area contributed by atoms with Crippen LogP contribution >= 0.6 is 0 Å². The minimum atomic E-state index is -0.0590. The maximum Gasteiger partial charge on any atom is 0.225 e. The number of amides is 1. The first-order valence-electron chi connectivity index (χ1n) is 7.66. The summed E-state index contributed by atoms with van der Waals surface area (Å²) < 4.78 is 6.83. The van der Waals surface area contributed by atoms with E-state index in [9.17, 15) is 9.90 Å². The van der Waals surface area contributed by atoms with Crippen LogP contribution in [0.4, 0.5) is 5.82 Å². The molecule has 2 aromatic rings. The van der Waals surface area contributed by atoms with Crippen molar-refractivity contribution in [2.24, 2.45) is 5.92 Å². The van der Waals surface area contributed by atoms with Crippen molar-refractivity contribution in [1.29, 1.82) is 0 Å². The van der Waals surface area contributed by atoms with Gasteiger partial charge in [-0.2, -0.15) is 5.10 Å². The average Bonchev–Trinajstić information content (AvgIpc) is 2.90. The van der Waals surface area contributed by atoms with E-state index in [1.54, 1.807) is 11.8 Å². The van der Waals surface area contributed by atoms with Gasteiger partial charge in [-0.15, -0.1) is 0 Å². The molecule has 1 aromatic heterocycles. The zero-order chi connectivity index (χ0) is 16.8. The van der Waals surface area contributed by atoms with E-state index in [0.29, 0.717) is 18.8 Å². The normalized spacial score (nSPS) is 10.8. The summed E-state index contributed by atoms with van der Waals surface area (Å²) in [7, 11) is 1.61. The molecule has 0 unspecified atom stereocenters. The predicted molar refractivity (Wildman–Crippen MR) is 89.4 cm³/mol. The second-order valence-corrected chi connectivity index (χ2v) is 5.74. The molecule has 0 radical (unpaired) electrons. The van der Waals surface area contributed by atoms with Gasteiger partial charge in [-0.3, -0.25) is 4.79 Å². The Kier molecular flexibility index (Phi) is 5.76. The van der Waals surface area contributed by atoms with Gasteiger partial charge >= 0.3 is 0 Å². The first-order valence-corrected chi connectivity index (χ1v) is 7.66. The molecule has 0 saturated heterocycles. The highest BCUT2D eigenvalue weighted by Gasteiger charge is 2.13. The summed E-state index contributed by atoms with van der Waals surface area (Å²) in [4.78, 5) is 12.0. The van der Waals surface area contributed by atoms with Crippen molar-refractivity contribution in [3.05, 3.63) is 30.3 Å². The van der Waals surface area contributed by atoms with Gasteiger partial charge in [-0.05, 0) is 18.1 Å². The number of benzene rings is 1. The Balaban J connectivity index is 2.28. The molecule has 2 rings (SSSR count). The van der Waals surface area contributed by atoms with Crippen molar-refractivity contribution in [1.82, 2.24) is 9.78 Å². The van der Waals surface area contributed by atoms with Crippen molar-refractivity contribution < 1.29 is 14.6 Å².